The van der Waals surface area contributed by atoms with E-state index in [1.54, 1.807) is 0 Å². The smallest absolute Gasteiger partial charge is 0.0548 e. The molecule has 92 valence electrons. The van der Waals surface area contributed by atoms with Crippen LogP contribution >= 0.6 is 0 Å². The largest absolute Gasteiger partial charge is 0.380 e. The molecule has 0 radical (unpaired) electrons. The van der Waals surface area contributed by atoms with Gasteiger partial charge in [0, 0.05) is 31.1 Å². The topological polar surface area (TPSA) is 24.5 Å². The highest BCUT2D eigenvalue weighted by atomic mass is 16.5. The molecule has 0 aromatic heterocycles. The Bertz CT molecular complexity index is 248. The van der Waals surface area contributed by atoms with E-state index in [0.29, 0.717) is 5.41 Å². The Labute approximate surface area is 98.5 Å². The zero-order valence-electron chi connectivity index (χ0n) is 10.4. The second kappa shape index (κ2) is 4.28. The van der Waals surface area contributed by atoms with Crippen LogP contribution < -0.4 is 5.32 Å². The van der Waals surface area contributed by atoms with Crippen molar-refractivity contribution in [1.29, 1.82) is 0 Å². The molecule has 3 nitrogen and oxygen atoms in total. The number of piperazine rings is 1. The summed E-state index contributed by atoms with van der Waals surface area (Å²) in [6, 6.07) is 0.734. The van der Waals surface area contributed by atoms with E-state index in [-0.39, 0.29) is 0 Å². The molecule has 1 N–H and O–H groups in total. The minimum atomic E-state index is 0.552. The van der Waals surface area contributed by atoms with Crippen LogP contribution in [0.25, 0.3) is 0 Å². The molecule has 3 heteroatoms. The molecule has 2 aliphatic heterocycles. The van der Waals surface area contributed by atoms with E-state index in [2.05, 4.69) is 17.3 Å². The van der Waals surface area contributed by atoms with Crippen LogP contribution in [-0.2, 0) is 4.74 Å². The van der Waals surface area contributed by atoms with Gasteiger partial charge in [-0.3, -0.25) is 0 Å². The van der Waals surface area contributed by atoms with Crippen molar-refractivity contribution in [1.82, 2.24) is 10.2 Å². The molecule has 1 saturated carbocycles. The Morgan fingerprint density at radius 3 is 2.69 bits per heavy atom. The fourth-order valence-electron chi connectivity index (χ4n) is 3.46. The molecule has 1 aliphatic carbocycles. The zero-order chi connectivity index (χ0) is 11.0. The molecule has 3 fully saturated rings. The lowest BCUT2D eigenvalue weighted by Crippen LogP contribution is -2.58. The molecule has 3 rings (SSSR count). The maximum atomic E-state index is 5.53. The van der Waals surface area contributed by atoms with Crippen molar-refractivity contribution in [2.75, 3.05) is 39.9 Å². The van der Waals surface area contributed by atoms with Crippen molar-refractivity contribution < 1.29 is 4.74 Å². The molecule has 0 bridgehead atoms. The maximum absolute atomic E-state index is 5.53. The molecule has 1 atom stereocenters. The Hall–Kier alpha value is -0.120. The molecule has 2 heterocycles. The first kappa shape index (κ1) is 11.0. The van der Waals surface area contributed by atoms with E-state index in [0.717, 1.165) is 31.7 Å². The summed E-state index contributed by atoms with van der Waals surface area (Å²) in [5.41, 5.74) is 0.552. The lowest BCUT2D eigenvalue weighted by Gasteiger charge is -2.53. The first-order valence-electron chi connectivity index (χ1n) is 6.79. The zero-order valence-corrected chi connectivity index (χ0v) is 10.4. The predicted molar refractivity (Wildman–Crippen MR) is 64.5 cm³/mol. The van der Waals surface area contributed by atoms with Gasteiger partial charge in [-0.1, -0.05) is 6.42 Å². The third kappa shape index (κ3) is 1.79. The molecular formula is C13H24N2O. The number of nitrogens with one attached hydrogen (secondary N) is 1. The van der Waals surface area contributed by atoms with Crippen molar-refractivity contribution in [2.45, 2.75) is 31.7 Å². The van der Waals surface area contributed by atoms with Crippen LogP contribution in [0.4, 0.5) is 0 Å². The van der Waals surface area contributed by atoms with Gasteiger partial charge in [-0.15, -0.1) is 0 Å². The Morgan fingerprint density at radius 2 is 2.19 bits per heavy atom. The van der Waals surface area contributed by atoms with E-state index in [1.165, 1.54) is 38.8 Å². The molecule has 16 heavy (non-hydrogen) atoms. The number of likely N-dealkylation sites (N-methyl/N-ethyl adjacent to an activating group) is 1. The van der Waals surface area contributed by atoms with Gasteiger partial charge in [0.15, 0.2) is 0 Å². The van der Waals surface area contributed by atoms with Crippen LogP contribution in [0.15, 0.2) is 0 Å². The van der Waals surface area contributed by atoms with Gasteiger partial charge in [0.1, 0.15) is 0 Å². The highest BCUT2D eigenvalue weighted by molar-refractivity contribution is 4.98. The second-order valence-corrected chi connectivity index (χ2v) is 6.03. The predicted octanol–water partition coefficient (Wildman–Crippen LogP) is 1.10. The molecule has 2 saturated heterocycles. The van der Waals surface area contributed by atoms with Crippen molar-refractivity contribution >= 4 is 0 Å². The summed E-state index contributed by atoms with van der Waals surface area (Å²) < 4.78 is 5.53. The molecule has 0 amide bonds. The summed E-state index contributed by atoms with van der Waals surface area (Å²) in [7, 11) is 2.28. The summed E-state index contributed by atoms with van der Waals surface area (Å²) in [5.74, 6) is 0.969. The van der Waals surface area contributed by atoms with Crippen molar-refractivity contribution in [3.8, 4) is 0 Å². The molecule has 1 unspecified atom stereocenters. The number of nitrogens with zero attached hydrogens (tertiary/aromatic N) is 1. The van der Waals surface area contributed by atoms with E-state index in [9.17, 15) is 0 Å². The molecule has 3 aliphatic rings. The van der Waals surface area contributed by atoms with Gasteiger partial charge in [-0.25, -0.2) is 0 Å². The van der Waals surface area contributed by atoms with Crippen molar-refractivity contribution in [3.05, 3.63) is 0 Å². The normalized spacial score (nSPS) is 35.4. The lowest BCUT2D eigenvalue weighted by atomic mass is 9.61. The Kier molecular flexibility index (Phi) is 2.94. The van der Waals surface area contributed by atoms with Gasteiger partial charge in [0.25, 0.3) is 0 Å². The molecule has 0 aromatic carbocycles. The fourth-order valence-corrected chi connectivity index (χ4v) is 3.46. The standard InChI is InChI=1S/C13H24N2O/c1-15-6-5-14-8-12(15)7-13(9-16-10-13)11-3-2-4-11/h11-12,14H,2-10H2,1H3. The quantitative estimate of drug-likeness (QED) is 0.777. The molecule has 0 spiro atoms. The maximum Gasteiger partial charge on any atom is 0.0548 e. The minimum Gasteiger partial charge on any atom is -0.380 e. The molecule has 0 aromatic rings. The Morgan fingerprint density at radius 1 is 1.38 bits per heavy atom. The summed E-state index contributed by atoms with van der Waals surface area (Å²) in [6.45, 7) is 5.58. The van der Waals surface area contributed by atoms with Gasteiger partial charge in [-0.2, -0.15) is 0 Å². The number of ether oxygens (including phenoxy) is 1. The van der Waals surface area contributed by atoms with Crippen molar-refractivity contribution in [2.24, 2.45) is 11.3 Å². The van der Waals surface area contributed by atoms with Gasteiger partial charge >= 0.3 is 0 Å². The monoisotopic (exact) mass is 224 g/mol. The molecular weight excluding hydrogens is 200 g/mol. The van der Waals surface area contributed by atoms with E-state index in [4.69, 9.17) is 4.74 Å². The summed E-state index contributed by atoms with van der Waals surface area (Å²) in [6.07, 6.45) is 5.70. The number of rotatable bonds is 3. The fraction of sp³-hybridized carbons (Fsp3) is 1.00. The van der Waals surface area contributed by atoms with Crippen LogP contribution in [0.2, 0.25) is 0 Å². The average molecular weight is 224 g/mol. The third-order valence-corrected chi connectivity index (χ3v) is 5.04. The van der Waals surface area contributed by atoms with Crippen LogP contribution in [0.3, 0.4) is 0 Å². The van der Waals surface area contributed by atoms with Gasteiger partial charge in [0.05, 0.1) is 13.2 Å². The van der Waals surface area contributed by atoms with Crippen molar-refractivity contribution in [3.63, 3.8) is 0 Å². The Balaban J connectivity index is 1.62. The first-order chi connectivity index (χ1) is 7.80. The van der Waals surface area contributed by atoms with Crippen LogP contribution in [0.5, 0.6) is 0 Å². The number of hydrogen-bond acceptors (Lipinski definition) is 3. The van der Waals surface area contributed by atoms with Gasteiger partial charge in [0.2, 0.25) is 0 Å². The average Bonchev–Trinajstić information content (AvgIpc) is 2.15. The minimum absolute atomic E-state index is 0.552. The summed E-state index contributed by atoms with van der Waals surface area (Å²) >= 11 is 0. The summed E-state index contributed by atoms with van der Waals surface area (Å²) in [4.78, 5) is 2.54. The van der Waals surface area contributed by atoms with E-state index in [1.807, 2.05) is 0 Å². The summed E-state index contributed by atoms with van der Waals surface area (Å²) in [5, 5.41) is 3.53. The second-order valence-electron chi connectivity index (χ2n) is 6.03. The highest BCUT2D eigenvalue weighted by Gasteiger charge is 2.49. The van der Waals surface area contributed by atoms with E-state index >= 15 is 0 Å². The van der Waals surface area contributed by atoms with Gasteiger partial charge in [-0.05, 0) is 32.2 Å². The van der Waals surface area contributed by atoms with E-state index < -0.39 is 0 Å². The third-order valence-electron chi connectivity index (χ3n) is 5.04. The van der Waals surface area contributed by atoms with Crippen LogP contribution in [-0.4, -0.2) is 50.8 Å². The highest BCUT2D eigenvalue weighted by Crippen LogP contribution is 2.49. The number of hydrogen-bond donors (Lipinski definition) is 1. The van der Waals surface area contributed by atoms with Crippen LogP contribution in [0.1, 0.15) is 25.7 Å². The van der Waals surface area contributed by atoms with Gasteiger partial charge < -0.3 is 15.0 Å². The van der Waals surface area contributed by atoms with Crippen LogP contribution in [0, 0.1) is 11.3 Å². The SMILES string of the molecule is CN1CCNCC1CC1(C2CCC2)COC1. The first-order valence-corrected chi connectivity index (χ1v) is 6.79. The lowest BCUT2D eigenvalue weighted by molar-refractivity contribution is -0.174.